The minimum atomic E-state index is 0.528. The molecular weight excluding hydrogens is 128 g/mol. The molecule has 0 aromatic carbocycles. The SMILES string of the molecule is CCOCC(C)COCC. The topological polar surface area (TPSA) is 18.5 Å². The van der Waals surface area contributed by atoms with Crippen LogP contribution >= 0.6 is 0 Å². The van der Waals surface area contributed by atoms with Crippen LogP contribution in [0.1, 0.15) is 20.8 Å². The van der Waals surface area contributed by atoms with Gasteiger partial charge in [0.1, 0.15) is 0 Å². The fourth-order valence-corrected chi connectivity index (χ4v) is 0.686. The van der Waals surface area contributed by atoms with E-state index >= 15 is 0 Å². The van der Waals surface area contributed by atoms with Gasteiger partial charge >= 0.3 is 0 Å². The van der Waals surface area contributed by atoms with E-state index in [9.17, 15) is 0 Å². The Balaban J connectivity index is 3.00. The maximum atomic E-state index is 5.21. The second-order valence-corrected chi connectivity index (χ2v) is 2.42. The van der Waals surface area contributed by atoms with E-state index in [4.69, 9.17) is 9.47 Å². The molecule has 0 aliphatic heterocycles. The van der Waals surface area contributed by atoms with Gasteiger partial charge < -0.3 is 9.47 Å². The first-order chi connectivity index (χ1) is 4.81. The molecule has 0 aliphatic rings. The molecule has 0 bridgehead atoms. The van der Waals surface area contributed by atoms with E-state index in [2.05, 4.69) is 6.92 Å². The van der Waals surface area contributed by atoms with Crippen LogP contribution in [0.25, 0.3) is 0 Å². The van der Waals surface area contributed by atoms with Crippen LogP contribution in [-0.2, 0) is 9.47 Å². The second kappa shape index (κ2) is 7.03. The van der Waals surface area contributed by atoms with Gasteiger partial charge in [-0.15, -0.1) is 0 Å². The molecular formula is C8H18O2. The molecule has 0 saturated heterocycles. The van der Waals surface area contributed by atoms with Crippen LogP contribution in [0.4, 0.5) is 0 Å². The van der Waals surface area contributed by atoms with E-state index in [0.29, 0.717) is 5.92 Å². The molecule has 0 aliphatic carbocycles. The van der Waals surface area contributed by atoms with E-state index < -0.39 is 0 Å². The van der Waals surface area contributed by atoms with Gasteiger partial charge in [0, 0.05) is 19.1 Å². The van der Waals surface area contributed by atoms with Crippen molar-refractivity contribution in [3.8, 4) is 0 Å². The Morgan fingerprint density at radius 2 is 1.40 bits per heavy atom. The van der Waals surface area contributed by atoms with Crippen LogP contribution in [0.2, 0.25) is 0 Å². The van der Waals surface area contributed by atoms with Crippen LogP contribution < -0.4 is 0 Å². The summed E-state index contributed by atoms with van der Waals surface area (Å²) in [6, 6.07) is 0. The molecule has 0 fully saturated rings. The standard InChI is InChI=1S/C8H18O2/c1-4-9-6-8(3)7-10-5-2/h8H,4-7H2,1-3H3. The van der Waals surface area contributed by atoms with Crippen molar-refractivity contribution in [3.05, 3.63) is 0 Å². The van der Waals surface area contributed by atoms with Crippen molar-refractivity contribution in [2.45, 2.75) is 20.8 Å². The molecule has 0 radical (unpaired) electrons. The fourth-order valence-electron chi connectivity index (χ4n) is 0.686. The fraction of sp³-hybridized carbons (Fsp3) is 1.00. The molecule has 2 nitrogen and oxygen atoms in total. The van der Waals surface area contributed by atoms with E-state index in [-0.39, 0.29) is 0 Å². The van der Waals surface area contributed by atoms with Gasteiger partial charge in [-0.05, 0) is 13.8 Å². The average Bonchev–Trinajstić information content (AvgIpc) is 1.97. The van der Waals surface area contributed by atoms with Gasteiger partial charge in [0.05, 0.1) is 13.2 Å². The molecule has 0 aromatic rings. The first-order valence-electron chi connectivity index (χ1n) is 3.96. The van der Waals surface area contributed by atoms with Crippen LogP contribution in [0.3, 0.4) is 0 Å². The molecule has 0 N–H and O–H groups in total. The molecule has 0 heterocycles. The Labute approximate surface area is 63.5 Å². The summed E-state index contributed by atoms with van der Waals surface area (Å²) in [5, 5.41) is 0. The van der Waals surface area contributed by atoms with Gasteiger partial charge in [0.2, 0.25) is 0 Å². The minimum Gasteiger partial charge on any atom is -0.381 e. The first-order valence-corrected chi connectivity index (χ1v) is 3.96. The molecule has 0 amide bonds. The summed E-state index contributed by atoms with van der Waals surface area (Å²) < 4.78 is 10.4. The lowest BCUT2D eigenvalue weighted by atomic mass is 10.2. The zero-order valence-electron chi connectivity index (χ0n) is 7.22. The highest BCUT2D eigenvalue weighted by Gasteiger charge is 1.99. The largest absolute Gasteiger partial charge is 0.381 e. The highest BCUT2D eigenvalue weighted by molar-refractivity contribution is 4.47. The molecule has 2 heteroatoms. The van der Waals surface area contributed by atoms with Crippen molar-refractivity contribution in [3.63, 3.8) is 0 Å². The Bertz CT molecular complexity index is 56.3. The van der Waals surface area contributed by atoms with Gasteiger partial charge in [0.15, 0.2) is 0 Å². The molecule has 0 spiro atoms. The summed E-state index contributed by atoms with van der Waals surface area (Å²) in [6.07, 6.45) is 0. The average molecular weight is 146 g/mol. The van der Waals surface area contributed by atoms with E-state index in [1.54, 1.807) is 0 Å². The maximum absolute atomic E-state index is 5.21. The highest BCUT2D eigenvalue weighted by atomic mass is 16.5. The van der Waals surface area contributed by atoms with E-state index in [0.717, 1.165) is 26.4 Å². The second-order valence-electron chi connectivity index (χ2n) is 2.42. The van der Waals surface area contributed by atoms with Gasteiger partial charge in [-0.25, -0.2) is 0 Å². The van der Waals surface area contributed by atoms with Crippen LogP contribution in [-0.4, -0.2) is 26.4 Å². The molecule has 0 unspecified atom stereocenters. The normalized spacial score (nSPS) is 10.8. The molecule has 0 rings (SSSR count). The number of hydrogen-bond donors (Lipinski definition) is 0. The van der Waals surface area contributed by atoms with Gasteiger partial charge in [-0.3, -0.25) is 0 Å². The van der Waals surface area contributed by atoms with E-state index in [1.807, 2.05) is 13.8 Å². The predicted molar refractivity (Wildman–Crippen MR) is 42.2 cm³/mol. The maximum Gasteiger partial charge on any atom is 0.0513 e. The first kappa shape index (κ1) is 9.92. The van der Waals surface area contributed by atoms with Crippen molar-refractivity contribution < 1.29 is 9.47 Å². The smallest absolute Gasteiger partial charge is 0.0513 e. The lowest BCUT2D eigenvalue weighted by Crippen LogP contribution is -2.12. The lowest BCUT2D eigenvalue weighted by Gasteiger charge is -2.09. The molecule has 10 heavy (non-hydrogen) atoms. The number of hydrogen-bond acceptors (Lipinski definition) is 2. The summed E-state index contributed by atoms with van der Waals surface area (Å²) >= 11 is 0. The van der Waals surface area contributed by atoms with Crippen LogP contribution in [0.15, 0.2) is 0 Å². The van der Waals surface area contributed by atoms with Gasteiger partial charge in [-0.2, -0.15) is 0 Å². The molecule has 0 saturated carbocycles. The molecule has 62 valence electrons. The Kier molecular flexibility index (Phi) is 6.98. The number of ether oxygens (including phenoxy) is 2. The van der Waals surface area contributed by atoms with Gasteiger partial charge in [-0.1, -0.05) is 6.92 Å². The summed E-state index contributed by atoms with van der Waals surface area (Å²) in [5.41, 5.74) is 0. The van der Waals surface area contributed by atoms with Crippen molar-refractivity contribution in [2.24, 2.45) is 5.92 Å². The molecule has 0 atom stereocenters. The third kappa shape index (κ3) is 6.05. The van der Waals surface area contributed by atoms with Gasteiger partial charge in [0.25, 0.3) is 0 Å². The number of rotatable bonds is 6. The Hall–Kier alpha value is -0.0800. The quantitative estimate of drug-likeness (QED) is 0.567. The third-order valence-corrected chi connectivity index (χ3v) is 1.21. The Morgan fingerprint density at radius 3 is 1.70 bits per heavy atom. The summed E-state index contributed by atoms with van der Waals surface area (Å²) in [5.74, 6) is 0.528. The van der Waals surface area contributed by atoms with Crippen molar-refractivity contribution in [1.82, 2.24) is 0 Å². The van der Waals surface area contributed by atoms with Crippen molar-refractivity contribution in [2.75, 3.05) is 26.4 Å². The zero-order chi connectivity index (χ0) is 7.82. The minimum absolute atomic E-state index is 0.528. The van der Waals surface area contributed by atoms with Crippen molar-refractivity contribution in [1.29, 1.82) is 0 Å². The summed E-state index contributed by atoms with van der Waals surface area (Å²) in [4.78, 5) is 0. The zero-order valence-corrected chi connectivity index (χ0v) is 7.22. The summed E-state index contributed by atoms with van der Waals surface area (Å²) in [6.45, 7) is 9.38. The Morgan fingerprint density at radius 1 is 1.00 bits per heavy atom. The van der Waals surface area contributed by atoms with Crippen LogP contribution in [0.5, 0.6) is 0 Å². The lowest BCUT2D eigenvalue weighted by molar-refractivity contribution is 0.0552. The predicted octanol–water partition coefficient (Wildman–Crippen LogP) is 1.70. The van der Waals surface area contributed by atoms with E-state index in [1.165, 1.54) is 0 Å². The molecule has 0 aromatic heterocycles. The van der Waals surface area contributed by atoms with Crippen molar-refractivity contribution >= 4 is 0 Å². The third-order valence-electron chi connectivity index (χ3n) is 1.21. The highest BCUT2D eigenvalue weighted by Crippen LogP contribution is 1.95. The van der Waals surface area contributed by atoms with Crippen LogP contribution in [0, 0.1) is 5.92 Å². The monoisotopic (exact) mass is 146 g/mol. The summed E-state index contributed by atoms with van der Waals surface area (Å²) in [7, 11) is 0.